The normalized spacial score (nSPS) is 20.9. The summed E-state index contributed by atoms with van der Waals surface area (Å²) < 4.78 is 0. The van der Waals surface area contributed by atoms with Gasteiger partial charge in [0.15, 0.2) is 0 Å². The van der Waals surface area contributed by atoms with Crippen molar-refractivity contribution in [3.05, 3.63) is 29.8 Å². The Labute approximate surface area is 74.8 Å². The number of hydrogen-bond acceptors (Lipinski definition) is 4. The van der Waals surface area contributed by atoms with Crippen LogP contribution in [0.5, 0.6) is 0 Å². The lowest BCUT2D eigenvalue weighted by atomic mass is 10.1. The maximum absolute atomic E-state index is 10.7. The standard InChI is InChI=1S/C8H9N3O2/c9-6-3-1-2-5(4-6)7-10-8(12)13-11-7/h1-4,7,11H,9H2,(H,10,12). The number of carbonyl (C=O) groups excluding carboxylic acids is 1. The minimum absolute atomic E-state index is 0.309. The fraction of sp³-hybridized carbons (Fsp3) is 0.125. The van der Waals surface area contributed by atoms with Crippen molar-refractivity contribution in [2.75, 3.05) is 5.73 Å². The Morgan fingerprint density at radius 1 is 1.46 bits per heavy atom. The van der Waals surface area contributed by atoms with Crippen LogP contribution in [-0.2, 0) is 4.84 Å². The van der Waals surface area contributed by atoms with Crippen LogP contribution in [0.2, 0.25) is 0 Å². The van der Waals surface area contributed by atoms with Crippen LogP contribution in [0.1, 0.15) is 11.7 Å². The van der Waals surface area contributed by atoms with Gasteiger partial charge in [-0.1, -0.05) is 12.1 Å². The molecule has 0 radical (unpaired) electrons. The molecule has 1 aromatic rings. The van der Waals surface area contributed by atoms with Crippen molar-refractivity contribution in [3.8, 4) is 0 Å². The molecule has 1 atom stereocenters. The first-order valence-electron chi connectivity index (χ1n) is 3.84. The van der Waals surface area contributed by atoms with E-state index in [1.165, 1.54) is 0 Å². The zero-order chi connectivity index (χ0) is 9.26. The van der Waals surface area contributed by atoms with Crippen molar-refractivity contribution in [1.82, 2.24) is 10.8 Å². The molecule has 1 heterocycles. The molecule has 0 saturated carbocycles. The molecule has 0 aromatic heterocycles. The van der Waals surface area contributed by atoms with Gasteiger partial charge in [0.2, 0.25) is 0 Å². The first-order valence-corrected chi connectivity index (χ1v) is 3.84. The Morgan fingerprint density at radius 2 is 2.31 bits per heavy atom. The van der Waals surface area contributed by atoms with Crippen LogP contribution >= 0.6 is 0 Å². The SMILES string of the molecule is Nc1cccc(C2NOC(=O)N2)c1. The number of nitrogen functional groups attached to an aromatic ring is 1. The molecule has 5 heteroatoms. The predicted molar refractivity (Wildman–Crippen MR) is 46.3 cm³/mol. The molecule has 13 heavy (non-hydrogen) atoms. The van der Waals surface area contributed by atoms with Crippen molar-refractivity contribution in [2.45, 2.75) is 6.17 Å². The van der Waals surface area contributed by atoms with Gasteiger partial charge in [-0.3, -0.25) is 5.32 Å². The number of hydrogen-bond donors (Lipinski definition) is 3. The van der Waals surface area contributed by atoms with E-state index in [2.05, 4.69) is 15.6 Å². The molecule has 0 aliphatic carbocycles. The number of carbonyl (C=O) groups is 1. The molecule has 1 saturated heterocycles. The number of rotatable bonds is 1. The van der Waals surface area contributed by atoms with Crippen LogP contribution in [-0.4, -0.2) is 6.09 Å². The largest absolute Gasteiger partial charge is 0.427 e. The van der Waals surface area contributed by atoms with E-state index in [9.17, 15) is 4.79 Å². The summed E-state index contributed by atoms with van der Waals surface area (Å²) in [5, 5.41) is 2.57. The molecule has 0 spiro atoms. The summed E-state index contributed by atoms with van der Waals surface area (Å²) in [7, 11) is 0. The average Bonchev–Trinajstić information content (AvgIpc) is 2.52. The van der Waals surface area contributed by atoms with Gasteiger partial charge in [0.1, 0.15) is 6.17 Å². The fourth-order valence-corrected chi connectivity index (χ4v) is 1.18. The average molecular weight is 179 g/mol. The van der Waals surface area contributed by atoms with Gasteiger partial charge in [-0.05, 0) is 17.7 Å². The molecule has 1 aliphatic rings. The summed E-state index contributed by atoms with van der Waals surface area (Å²) in [5.41, 5.74) is 9.63. The van der Waals surface area contributed by atoms with Gasteiger partial charge >= 0.3 is 6.09 Å². The second-order valence-electron chi connectivity index (χ2n) is 2.75. The third-order valence-corrected chi connectivity index (χ3v) is 1.78. The third-order valence-electron chi connectivity index (χ3n) is 1.78. The summed E-state index contributed by atoms with van der Waals surface area (Å²) in [6.07, 6.45) is -0.788. The number of amides is 1. The van der Waals surface area contributed by atoms with Crippen LogP contribution < -0.4 is 16.5 Å². The van der Waals surface area contributed by atoms with Gasteiger partial charge in [0.05, 0.1) is 0 Å². The van der Waals surface area contributed by atoms with E-state index in [0.29, 0.717) is 5.69 Å². The van der Waals surface area contributed by atoms with Gasteiger partial charge in [0.25, 0.3) is 0 Å². The number of nitrogens with two attached hydrogens (primary N) is 1. The molecule has 1 fully saturated rings. The zero-order valence-electron chi connectivity index (χ0n) is 6.78. The molecule has 1 aromatic carbocycles. The summed E-state index contributed by atoms with van der Waals surface area (Å²) in [4.78, 5) is 15.2. The van der Waals surface area contributed by atoms with E-state index in [1.54, 1.807) is 12.1 Å². The highest BCUT2D eigenvalue weighted by Crippen LogP contribution is 2.16. The van der Waals surface area contributed by atoms with E-state index >= 15 is 0 Å². The fourth-order valence-electron chi connectivity index (χ4n) is 1.18. The third kappa shape index (κ3) is 1.54. The topological polar surface area (TPSA) is 76.4 Å². The van der Waals surface area contributed by atoms with E-state index in [0.717, 1.165) is 5.56 Å². The number of benzene rings is 1. The summed E-state index contributed by atoms with van der Waals surface area (Å²) in [6, 6.07) is 7.22. The lowest BCUT2D eigenvalue weighted by Crippen LogP contribution is -2.22. The van der Waals surface area contributed by atoms with Crippen molar-refractivity contribution in [2.24, 2.45) is 0 Å². The monoisotopic (exact) mass is 179 g/mol. The summed E-state index contributed by atoms with van der Waals surface area (Å²) >= 11 is 0. The molecule has 0 bridgehead atoms. The Kier molecular flexibility index (Phi) is 1.79. The lowest BCUT2D eigenvalue weighted by Gasteiger charge is -2.07. The minimum atomic E-state index is -0.479. The first-order chi connectivity index (χ1) is 6.25. The van der Waals surface area contributed by atoms with E-state index in [4.69, 9.17) is 5.73 Å². The minimum Gasteiger partial charge on any atom is -0.399 e. The molecular weight excluding hydrogens is 170 g/mol. The van der Waals surface area contributed by atoms with E-state index < -0.39 is 6.09 Å². The highest BCUT2D eigenvalue weighted by Gasteiger charge is 2.22. The lowest BCUT2D eigenvalue weighted by molar-refractivity contribution is 0.122. The maximum Gasteiger partial charge on any atom is 0.427 e. The Bertz CT molecular complexity index is 340. The Morgan fingerprint density at radius 3 is 2.92 bits per heavy atom. The Hall–Kier alpha value is -1.75. The molecular formula is C8H9N3O2. The second kappa shape index (κ2) is 2.95. The van der Waals surface area contributed by atoms with Crippen molar-refractivity contribution in [1.29, 1.82) is 0 Å². The second-order valence-corrected chi connectivity index (χ2v) is 2.75. The van der Waals surface area contributed by atoms with Crippen molar-refractivity contribution < 1.29 is 9.63 Å². The van der Waals surface area contributed by atoms with Gasteiger partial charge < -0.3 is 10.6 Å². The highest BCUT2D eigenvalue weighted by molar-refractivity contribution is 5.69. The van der Waals surface area contributed by atoms with E-state index in [-0.39, 0.29) is 6.17 Å². The van der Waals surface area contributed by atoms with Crippen LogP contribution in [0.25, 0.3) is 0 Å². The quantitative estimate of drug-likeness (QED) is 0.549. The smallest absolute Gasteiger partial charge is 0.399 e. The number of hydroxylamine groups is 1. The first kappa shape index (κ1) is 7.88. The highest BCUT2D eigenvalue weighted by atomic mass is 16.7. The molecule has 1 aliphatic heterocycles. The van der Waals surface area contributed by atoms with Gasteiger partial charge in [0, 0.05) is 5.69 Å². The van der Waals surface area contributed by atoms with Crippen LogP contribution in [0, 0.1) is 0 Å². The predicted octanol–water partition coefficient (Wildman–Crippen LogP) is 0.512. The Balaban J connectivity index is 2.21. The molecule has 2 rings (SSSR count). The van der Waals surface area contributed by atoms with Crippen molar-refractivity contribution >= 4 is 11.8 Å². The van der Waals surface area contributed by atoms with E-state index in [1.807, 2.05) is 12.1 Å². The maximum atomic E-state index is 10.7. The zero-order valence-corrected chi connectivity index (χ0v) is 6.78. The van der Waals surface area contributed by atoms with Gasteiger partial charge in [-0.15, -0.1) is 5.48 Å². The molecule has 4 N–H and O–H groups in total. The number of nitrogens with one attached hydrogen (secondary N) is 2. The van der Waals surface area contributed by atoms with Crippen LogP contribution in [0.4, 0.5) is 10.5 Å². The molecule has 5 nitrogen and oxygen atoms in total. The van der Waals surface area contributed by atoms with Crippen LogP contribution in [0.3, 0.4) is 0 Å². The van der Waals surface area contributed by atoms with Crippen molar-refractivity contribution in [3.63, 3.8) is 0 Å². The summed E-state index contributed by atoms with van der Waals surface area (Å²) in [6.45, 7) is 0. The molecule has 1 unspecified atom stereocenters. The van der Waals surface area contributed by atoms with Crippen LogP contribution in [0.15, 0.2) is 24.3 Å². The van der Waals surface area contributed by atoms with Gasteiger partial charge in [-0.2, -0.15) is 0 Å². The van der Waals surface area contributed by atoms with Gasteiger partial charge in [-0.25, -0.2) is 4.79 Å². The molecule has 68 valence electrons. The molecule has 1 amide bonds. The summed E-state index contributed by atoms with van der Waals surface area (Å²) in [5.74, 6) is 0. The number of anilines is 1.